The molecule has 0 bridgehead atoms. The number of hydrogen-bond acceptors (Lipinski definition) is 3. The lowest BCUT2D eigenvalue weighted by Gasteiger charge is -2.31. The fraction of sp³-hybridized carbons (Fsp3) is 0.917. The molecule has 0 spiro atoms. The first kappa shape index (κ1) is 11.9. The van der Waals surface area contributed by atoms with E-state index in [1.165, 1.54) is 19.3 Å². The van der Waals surface area contributed by atoms with Crippen LogP contribution in [-0.2, 0) is 4.79 Å². The maximum absolute atomic E-state index is 12.2. The van der Waals surface area contributed by atoms with Gasteiger partial charge in [-0.2, -0.15) is 0 Å². The predicted molar refractivity (Wildman–Crippen MR) is 62.0 cm³/mol. The van der Waals surface area contributed by atoms with Gasteiger partial charge >= 0.3 is 0 Å². The lowest BCUT2D eigenvalue weighted by atomic mass is 9.88. The highest BCUT2D eigenvalue weighted by Gasteiger charge is 2.34. The van der Waals surface area contributed by atoms with Gasteiger partial charge in [-0.25, -0.2) is 0 Å². The number of carbonyl (C=O) groups is 1. The minimum Gasteiger partial charge on any atom is -0.390 e. The summed E-state index contributed by atoms with van der Waals surface area (Å²) in [6.07, 6.45) is 5.27. The Balaban J connectivity index is 1.92. The Hall–Kier alpha value is -0.610. The number of nitrogens with zero attached hydrogens (tertiary/aromatic N) is 1. The maximum Gasteiger partial charge on any atom is 0.225 e. The highest BCUT2D eigenvalue weighted by atomic mass is 16.3. The van der Waals surface area contributed by atoms with E-state index < -0.39 is 6.10 Å². The Kier molecular flexibility index (Phi) is 3.82. The molecule has 1 amide bonds. The number of carbonyl (C=O) groups excluding carboxylic acids is 1. The molecule has 2 N–H and O–H groups in total. The summed E-state index contributed by atoms with van der Waals surface area (Å²) in [6, 6.07) is -0.0329. The van der Waals surface area contributed by atoms with E-state index in [9.17, 15) is 9.90 Å². The third-order valence-corrected chi connectivity index (χ3v) is 3.95. The van der Waals surface area contributed by atoms with Crippen LogP contribution in [0.1, 0.15) is 32.1 Å². The zero-order valence-electron chi connectivity index (χ0n) is 9.98. The van der Waals surface area contributed by atoms with Crippen molar-refractivity contribution in [3.63, 3.8) is 0 Å². The average Bonchev–Trinajstić information content (AvgIpc) is 2.75. The fourth-order valence-electron chi connectivity index (χ4n) is 2.85. The Bertz CT molecular complexity index is 251. The summed E-state index contributed by atoms with van der Waals surface area (Å²) in [5, 5.41) is 12.9. The molecule has 2 aliphatic rings. The van der Waals surface area contributed by atoms with E-state index in [4.69, 9.17) is 0 Å². The molecule has 2 fully saturated rings. The van der Waals surface area contributed by atoms with E-state index in [-0.39, 0.29) is 17.9 Å². The van der Waals surface area contributed by atoms with Gasteiger partial charge in [0, 0.05) is 26.1 Å². The van der Waals surface area contributed by atoms with E-state index >= 15 is 0 Å². The van der Waals surface area contributed by atoms with Gasteiger partial charge in [-0.3, -0.25) is 4.79 Å². The summed E-state index contributed by atoms with van der Waals surface area (Å²) < 4.78 is 0. The average molecular weight is 226 g/mol. The number of amides is 1. The molecule has 1 aliphatic heterocycles. The molecule has 1 aliphatic carbocycles. The maximum atomic E-state index is 12.2. The molecule has 0 aromatic carbocycles. The first-order chi connectivity index (χ1) is 7.70. The lowest BCUT2D eigenvalue weighted by Crippen LogP contribution is -2.46. The molecule has 1 saturated carbocycles. The Labute approximate surface area is 97.0 Å². The second-order valence-corrected chi connectivity index (χ2v) is 5.08. The number of rotatable bonds is 2. The number of nitrogens with one attached hydrogen (secondary N) is 1. The minimum absolute atomic E-state index is 0.0329. The van der Waals surface area contributed by atoms with Crippen LogP contribution < -0.4 is 5.32 Å². The van der Waals surface area contributed by atoms with E-state index in [1.54, 1.807) is 4.90 Å². The summed E-state index contributed by atoms with van der Waals surface area (Å²) in [6.45, 7) is 1.32. The third kappa shape index (κ3) is 2.38. The molecule has 4 heteroatoms. The summed E-state index contributed by atoms with van der Waals surface area (Å²) in [7, 11) is 1.83. The minimum atomic E-state index is -0.405. The fourth-order valence-corrected chi connectivity index (χ4v) is 2.85. The van der Waals surface area contributed by atoms with Gasteiger partial charge in [0.2, 0.25) is 5.91 Å². The van der Waals surface area contributed by atoms with Crippen molar-refractivity contribution in [3.8, 4) is 0 Å². The Morgan fingerprint density at radius 3 is 2.50 bits per heavy atom. The first-order valence-electron chi connectivity index (χ1n) is 6.35. The molecule has 1 heterocycles. The smallest absolute Gasteiger partial charge is 0.225 e. The largest absolute Gasteiger partial charge is 0.390 e. The van der Waals surface area contributed by atoms with Crippen molar-refractivity contribution in [2.24, 2.45) is 5.92 Å². The van der Waals surface area contributed by atoms with Crippen molar-refractivity contribution in [3.05, 3.63) is 0 Å². The topological polar surface area (TPSA) is 52.6 Å². The summed E-state index contributed by atoms with van der Waals surface area (Å²) in [4.78, 5) is 14.0. The lowest BCUT2D eigenvalue weighted by molar-refractivity contribution is -0.138. The third-order valence-electron chi connectivity index (χ3n) is 3.95. The van der Waals surface area contributed by atoms with Crippen LogP contribution in [0, 0.1) is 5.92 Å². The van der Waals surface area contributed by atoms with E-state index in [2.05, 4.69) is 5.32 Å². The monoisotopic (exact) mass is 226 g/mol. The molecule has 4 nitrogen and oxygen atoms in total. The van der Waals surface area contributed by atoms with E-state index in [0.29, 0.717) is 6.54 Å². The van der Waals surface area contributed by atoms with E-state index in [1.807, 2.05) is 7.05 Å². The van der Waals surface area contributed by atoms with Gasteiger partial charge in [-0.1, -0.05) is 19.3 Å². The second kappa shape index (κ2) is 5.15. The predicted octanol–water partition coefficient (Wildman–Crippen LogP) is 0.358. The highest BCUT2D eigenvalue weighted by molar-refractivity contribution is 5.79. The zero-order chi connectivity index (χ0) is 11.5. The standard InChI is InChI=1S/C12H22N2O2/c1-14(10-7-13-8-11(10)15)12(16)9-5-3-2-4-6-9/h9-11,13,15H,2-8H2,1H3. The van der Waals surface area contributed by atoms with Crippen molar-refractivity contribution in [1.29, 1.82) is 0 Å². The Morgan fingerprint density at radius 1 is 1.25 bits per heavy atom. The molecule has 0 radical (unpaired) electrons. The molecule has 16 heavy (non-hydrogen) atoms. The molecular weight excluding hydrogens is 204 g/mol. The van der Waals surface area contributed by atoms with Gasteiger partial charge in [0.05, 0.1) is 12.1 Å². The van der Waals surface area contributed by atoms with Crippen LogP contribution in [0.2, 0.25) is 0 Å². The molecule has 2 atom stereocenters. The summed E-state index contributed by atoms with van der Waals surface area (Å²) in [5.41, 5.74) is 0. The van der Waals surface area contributed by atoms with Crippen molar-refractivity contribution in [2.75, 3.05) is 20.1 Å². The molecule has 92 valence electrons. The van der Waals surface area contributed by atoms with Gasteiger partial charge in [-0.05, 0) is 12.8 Å². The number of likely N-dealkylation sites (N-methyl/N-ethyl adjacent to an activating group) is 1. The van der Waals surface area contributed by atoms with Crippen LogP contribution in [0.15, 0.2) is 0 Å². The summed E-state index contributed by atoms with van der Waals surface area (Å²) in [5.74, 6) is 0.430. The van der Waals surface area contributed by atoms with Crippen molar-refractivity contribution < 1.29 is 9.90 Å². The molecule has 2 unspecified atom stereocenters. The van der Waals surface area contributed by atoms with Crippen molar-refractivity contribution >= 4 is 5.91 Å². The van der Waals surface area contributed by atoms with Crippen LogP contribution in [-0.4, -0.2) is 48.2 Å². The van der Waals surface area contributed by atoms with Crippen LogP contribution in [0.4, 0.5) is 0 Å². The second-order valence-electron chi connectivity index (χ2n) is 5.08. The normalized spacial score (nSPS) is 31.6. The molecule has 1 saturated heterocycles. The van der Waals surface area contributed by atoms with Gasteiger partial charge in [0.25, 0.3) is 0 Å². The molecule has 0 aromatic heterocycles. The SMILES string of the molecule is CN(C(=O)C1CCCCC1)C1CNCC1O. The van der Waals surface area contributed by atoms with Crippen LogP contribution in [0.3, 0.4) is 0 Å². The number of hydrogen-bond donors (Lipinski definition) is 2. The molecular formula is C12H22N2O2. The van der Waals surface area contributed by atoms with Crippen LogP contribution in [0.5, 0.6) is 0 Å². The van der Waals surface area contributed by atoms with E-state index in [0.717, 1.165) is 19.4 Å². The molecule has 0 aromatic rings. The first-order valence-corrected chi connectivity index (χ1v) is 6.35. The number of aliphatic hydroxyl groups is 1. The van der Waals surface area contributed by atoms with Crippen molar-refractivity contribution in [1.82, 2.24) is 10.2 Å². The number of aliphatic hydroxyl groups excluding tert-OH is 1. The molecule has 2 rings (SSSR count). The van der Waals surface area contributed by atoms with Gasteiger partial charge in [0.15, 0.2) is 0 Å². The van der Waals surface area contributed by atoms with Crippen LogP contribution in [0.25, 0.3) is 0 Å². The summed E-state index contributed by atoms with van der Waals surface area (Å²) >= 11 is 0. The van der Waals surface area contributed by atoms with Gasteiger partial charge in [0.1, 0.15) is 0 Å². The quantitative estimate of drug-likeness (QED) is 0.715. The highest BCUT2D eigenvalue weighted by Crippen LogP contribution is 2.26. The van der Waals surface area contributed by atoms with Gasteiger partial charge < -0.3 is 15.3 Å². The number of β-amino-alcohol motifs (C(OH)–C–C–N with tert-alkyl or cyclic N) is 1. The van der Waals surface area contributed by atoms with Crippen molar-refractivity contribution in [2.45, 2.75) is 44.2 Å². The van der Waals surface area contributed by atoms with Gasteiger partial charge in [-0.15, -0.1) is 0 Å². The van der Waals surface area contributed by atoms with Crippen LogP contribution >= 0.6 is 0 Å². The Morgan fingerprint density at radius 2 is 1.94 bits per heavy atom. The zero-order valence-corrected chi connectivity index (χ0v) is 9.98.